The van der Waals surface area contributed by atoms with E-state index in [9.17, 15) is 0 Å². The summed E-state index contributed by atoms with van der Waals surface area (Å²) in [5.74, 6) is 0. The highest BCUT2D eigenvalue weighted by Gasteiger charge is 2.24. The van der Waals surface area contributed by atoms with Gasteiger partial charge in [-0.2, -0.15) is 0 Å². The fraction of sp³-hybridized carbons (Fsp3) is 0.951. The molecule has 0 amide bonds. The van der Waals surface area contributed by atoms with Gasteiger partial charge in [0.1, 0.15) is 6.17 Å². The second-order valence-electron chi connectivity index (χ2n) is 14.3. The smallest absolute Gasteiger partial charge is 0.101 e. The van der Waals surface area contributed by atoms with Crippen LogP contribution in [0.1, 0.15) is 233 Å². The van der Waals surface area contributed by atoms with Gasteiger partial charge in [0, 0.05) is 25.5 Å². The number of hydrogen-bond acceptors (Lipinski definition) is 2. The van der Waals surface area contributed by atoms with Crippen molar-refractivity contribution in [2.75, 3.05) is 13.1 Å². The molecule has 0 saturated heterocycles. The lowest BCUT2D eigenvalue weighted by molar-refractivity contribution is 0.135. The lowest BCUT2D eigenvalue weighted by atomic mass is 10.0. The van der Waals surface area contributed by atoms with Crippen molar-refractivity contribution in [2.45, 2.75) is 239 Å². The lowest BCUT2D eigenvalue weighted by Gasteiger charge is -2.33. The van der Waals surface area contributed by atoms with Gasteiger partial charge in [0.25, 0.3) is 0 Å². The molecule has 1 aliphatic rings. The van der Waals surface area contributed by atoms with Crippen LogP contribution in [-0.4, -0.2) is 29.1 Å². The van der Waals surface area contributed by atoms with Crippen LogP contribution in [0.3, 0.4) is 0 Å². The Morgan fingerprint density at radius 3 is 0.814 bits per heavy atom. The topological polar surface area (TPSA) is 6.48 Å². The predicted octanol–water partition coefficient (Wildman–Crippen LogP) is 14.3. The first-order valence-corrected chi connectivity index (χ1v) is 20.5. The Morgan fingerprint density at radius 2 is 0.535 bits per heavy atom. The molecule has 0 bridgehead atoms. The molecule has 0 aliphatic carbocycles. The first-order valence-electron chi connectivity index (χ1n) is 20.5. The second-order valence-corrected chi connectivity index (χ2v) is 14.3. The number of rotatable bonds is 35. The molecule has 1 heterocycles. The van der Waals surface area contributed by atoms with Crippen LogP contribution in [-0.2, 0) is 0 Å². The second kappa shape index (κ2) is 32.7. The Labute approximate surface area is 273 Å². The molecular weight excluding hydrogens is 520 g/mol. The van der Waals surface area contributed by atoms with Gasteiger partial charge >= 0.3 is 0 Å². The number of hydrogen-bond donors (Lipinski definition) is 0. The zero-order valence-electron chi connectivity index (χ0n) is 30.4. The molecular formula is C41H82N2. The van der Waals surface area contributed by atoms with Gasteiger partial charge in [0.15, 0.2) is 0 Å². The molecule has 43 heavy (non-hydrogen) atoms. The third kappa shape index (κ3) is 25.2. The van der Waals surface area contributed by atoms with Crippen molar-refractivity contribution in [1.82, 2.24) is 9.80 Å². The summed E-state index contributed by atoms with van der Waals surface area (Å²) in [5, 5.41) is 0. The summed E-state index contributed by atoms with van der Waals surface area (Å²) in [4.78, 5) is 5.42. The fourth-order valence-corrected chi connectivity index (χ4v) is 7.07. The molecule has 0 saturated carbocycles. The van der Waals surface area contributed by atoms with Crippen LogP contribution in [0.15, 0.2) is 12.4 Å². The molecule has 0 N–H and O–H groups in total. The van der Waals surface area contributed by atoms with Crippen molar-refractivity contribution >= 4 is 0 Å². The first-order chi connectivity index (χ1) is 21.3. The average molecular weight is 603 g/mol. The molecule has 256 valence electrons. The third-order valence-electron chi connectivity index (χ3n) is 10.1. The Kier molecular flexibility index (Phi) is 30.7. The molecule has 1 atom stereocenters. The molecule has 0 aromatic carbocycles. The first kappa shape index (κ1) is 40.4. The quantitative estimate of drug-likeness (QED) is 0.0666. The van der Waals surface area contributed by atoms with Gasteiger partial charge in [-0.25, -0.2) is 0 Å². The van der Waals surface area contributed by atoms with E-state index in [2.05, 4.69) is 43.0 Å². The van der Waals surface area contributed by atoms with Crippen LogP contribution in [0.25, 0.3) is 0 Å². The minimum absolute atomic E-state index is 0.640. The summed E-state index contributed by atoms with van der Waals surface area (Å²) in [5.41, 5.74) is 0. The number of nitrogens with zero attached hydrogens (tertiary/aromatic N) is 2. The highest BCUT2D eigenvalue weighted by Crippen LogP contribution is 2.24. The average Bonchev–Trinajstić information content (AvgIpc) is 3.40. The van der Waals surface area contributed by atoms with E-state index in [1.165, 1.54) is 225 Å². The lowest BCUT2D eigenvalue weighted by Crippen LogP contribution is -2.39. The van der Waals surface area contributed by atoms with Crippen molar-refractivity contribution in [3.8, 4) is 0 Å². The zero-order chi connectivity index (χ0) is 30.9. The van der Waals surface area contributed by atoms with Crippen LogP contribution in [0.2, 0.25) is 0 Å². The van der Waals surface area contributed by atoms with Gasteiger partial charge in [-0.1, -0.05) is 207 Å². The molecule has 0 radical (unpaired) electrons. The van der Waals surface area contributed by atoms with Gasteiger partial charge in [-0.15, -0.1) is 0 Å². The molecule has 2 nitrogen and oxygen atoms in total. The molecule has 0 spiro atoms. The van der Waals surface area contributed by atoms with E-state index < -0.39 is 0 Å². The van der Waals surface area contributed by atoms with Crippen molar-refractivity contribution in [2.24, 2.45) is 0 Å². The largest absolute Gasteiger partial charge is 0.356 e. The normalized spacial score (nSPS) is 14.9. The van der Waals surface area contributed by atoms with Crippen LogP contribution < -0.4 is 0 Å². The molecule has 2 heteroatoms. The molecule has 0 aromatic heterocycles. The molecule has 0 aromatic rings. The standard InChI is InChI=1S/C41H82N2/c1-4-7-10-13-15-17-19-21-22-23-25-27-29-32-35-38-43-40-39-42(41(43)36-33-30-12-9-6-3)37-34-31-28-26-24-20-18-16-14-11-8-5-2/h39-41H,4-38H2,1-3H3. The molecule has 0 fully saturated rings. The minimum atomic E-state index is 0.640. The highest BCUT2D eigenvalue weighted by atomic mass is 15.4. The summed E-state index contributed by atoms with van der Waals surface area (Å²) in [6, 6.07) is 0. The SMILES string of the molecule is CCCCCCCCCCCCCCCCCN1C=CN(CCCCCCCCCCCCCC)C1CCCCCCC. The zero-order valence-corrected chi connectivity index (χ0v) is 30.4. The van der Waals surface area contributed by atoms with E-state index in [4.69, 9.17) is 0 Å². The summed E-state index contributed by atoms with van der Waals surface area (Å²) in [7, 11) is 0. The van der Waals surface area contributed by atoms with Crippen LogP contribution in [0.5, 0.6) is 0 Å². The van der Waals surface area contributed by atoms with Crippen LogP contribution in [0, 0.1) is 0 Å². The van der Waals surface area contributed by atoms with Gasteiger partial charge in [0.05, 0.1) is 0 Å². The molecule has 1 aliphatic heterocycles. The Bertz CT molecular complexity index is 558. The molecule has 1 rings (SSSR count). The monoisotopic (exact) mass is 603 g/mol. The van der Waals surface area contributed by atoms with Gasteiger partial charge < -0.3 is 9.80 Å². The van der Waals surface area contributed by atoms with Crippen LogP contribution in [0.4, 0.5) is 0 Å². The maximum absolute atomic E-state index is 2.71. The maximum Gasteiger partial charge on any atom is 0.101 e. The van der Waals surface area contributed by atoms with E-state index >= 15 is 0 Å². The van der Waals surface area contributed by atoms with Crippen LogP contribution >= 0.6 is 0 Å². The summed E-state index contributed by atoms with van der Waals surface area (Å²) in [6.07, 6.45) is 52.9. The Morgan fingerprint density at radius 1 is 0.302 bits per heavy atom. The summed E-state index contributed by atoms with van der Waals surface area (Å²) >= 11 is 0. The van der Waals surface area contributed by atoms with Crippen molar-refractivity contribution in [3.05, 3.63) is 12.4 Å². The number of unbranched alkanes of at least 4 members (excludes halogenated alkanes) is 29. The maximum atomic E-state index is 2.71. The van der Waals surface area contributed by atoms with Crippen molar-refractivity contribution < 1.29 is 0 Å². The van der Waals surface area contributed by atoms with E-state index in [0.717, 1.165) is 0 Å². The Balaban J connectivity index is 2.11. The minimum Gasteiger partial charge on any atom is -0.356 e. The Hall–Kier alpha value is -0.660. The van der Waals surface area contributed by atoms with E-state index in [1.807, 2.05) is 0 Å². The van der Waals surface area contributed by atoms with Crippen molar-refractivity contribution in [3.63, 3.8) is 0 Å². The van der Waals surface area contributed by atoms with Gasteiger partial charge in [-0.3, -0.25) is 0 Å². The van der Waals surface area contributed by atoms with E-state index in [1.54, 1.807) is 0 Å². The fourth-order valence-electron chi connectivity index (χ4n) is 7.07. The summed E-state index contributed by atoms with van der Waals surface area (Å²) < 4.78 is 0. The van der Waals surface area contributed by atoms with E-state index in [-0.39, 0.29) is 0 Å². The van der Waals surface area contributed by atoms with Gasteiger partial charge in [-0.05, 0) is 25.7 Å². The predicted molar refractivity (Wildman–Crippen MR) is 196 cm³/mol. The third-order valence-corrected chi connectivity index (χ3v) is 10.1. The molecule has 1 unspecified atom stereocenters. The van der Waals surface area contributed by atoms with Gasteiger partial charge in [0.2, 0.25) is 0 Å². The summed E-state index contributed by atoms with van der Waals surface area (Å²) in [6.45, 7) is 9.49. The van der Waals surface area contributed by atoms with Crippen molar-refractivity contribution in [1.29, 1.82) is 0 Å². The highest BCUT2D eigenvalue weighted by molar-refractivity contribution is 4.97. The van der Waals surface area contributed by atoms with E-state index in [0.29, 0.717) is 6.17 Å².